The highest BCUT2D eigenvalue weighted by atomic mass is 16.5. The van der Waals surface area contributed by atoms with E-state index in [0.717, 1.165) is 31.2 Å². The van der Waals surface area contributed by atoms with E-state index in [1.165, 1.54) is 70.6 Å². The average Bonchev–Trinajstić information content (AvgIpc) is 2.69. The van der Waals surface area contributed by atoms with Crippen LogP contribution in [0.25, 0.3) is 0 Å². The third-order valence-electron chi connectivity index (χ3n) is 5.37. The zero-order valence-corrected chi connectivity index (χ0v) is 18.3. The van der Waals surface area contributed by atoms with Crippen molar-refractivity contribution < 1.29 is 14.6 Å². The number of unbranched alkanes of at least 4 members (excludes halogenated alkanes) is 12. The minimum Gasteiger partial charge on any atom is -0.492 e. The van der Waals surface area contributed by atoms with Crippen molar-refractivity contribution in [1.82, 2.24) is 0 Å². The first-order chi connectivity index (χ1) is 13.7. The summed E-state index contributed by atoms with van der Waals surface area (Å²) in [7, 11) is 0. The molecule has 0 heterocycles. The third kappa shape index (κ3) is 10.7. The first kappa shape index (κ1) is 24.5. The van der Waals surface area contributed by atoms with Gasteiger partial charge in [0, 0.05) is 0 Å². The molecule has 3 nitrogen and oxygen atoms in total. The van der Waals surface area contributed by atoms with Gasteiger partial charge in [-0.2, -0.15) is 0 Å². The molecule has 3 heteroatoms. The van der Waals surface area contributed by atoms with Gasteiger partial charge in [0.05, 0.1) is 6.61 Å². The molecule has 0 aromatic heterocycles. The molecule has 160 valence electrons. The van der Waals surface area contributed by atoms with Gasteiger partial charge in [-0.1, -0.05) is 103 Å². The normalized spacial score (nSPS) is 10.9. The molecule has 0 atom stereocenters. The van der Waals surface area contributed by atoms with Crippen molar-refractivity contribution in [1.29, 1.82) is 0 Å². The molecule has 0 saturated heterocycles. The zero-order chi connectivity index (χ0) is 20.5. The van der Waals surface area contributed by atoms with E-state index < -0.39 is 5.97 Å². The molecule has 1 rings (SSSR count). The van der Waals surface area contributed by atoms with Gasteiger partial charge < -0.3 is 9.84 Å². The molecule has 0 saturated carbocycles. The lowest BCUT2D eigenvalue weighted by Crippen LogP contribution is -2.07. The Morgan fingerprint density at radius 2 is 1.32 bits per heavy atom. The lowest BCUT2D eigenvalue weighted by atomic mass is 10.0. The predicted molar refractivity (Wildman–Crippen MR) is 119 cm³/mol. The fourth-order valence-electron chi connectivity index (χ4n) is 3.63. The standard InChI is InChI=1S/C25H42O3/c1-3-5-7-9-11-13-15-18-22-19-17-20-23(25(26)27)24(22)28-21-16-14-12-10-8-6-4-2/h17,19-20H,3-16,18,21H2,1-2H3,(H,26,27). The summed E-state index contributed by atoms with van der Waals surface area (Å²) in [5.74, 6) is -0.289. The van der Waals surface area contributed by atoms with Gasteiger partial charge in [-0.25, -0.2) is 4.79 Å². The Morgan fingerprint density at radius 1 is 0.786 bits per heavy atom. The van der Waals surface area contributed by atoms with E-state index in [4.69, 9.17) is 4.74 Å². The fourth-order valence-corrected chi connectivity index (χ4v) is 3.63. The number of carboxylic acid groups (broad SMARTS) is 1. The molecule has 1 N–H and O–H groups in total. The summed E-state index contributed by atoms with van der Waals surface area (Å²) in [5.41, 5.74) is 1.36. The van der Waals surface area contributed by atoms with Gasteiger partial charge in [-0.05, 0) is 30.9 Å². The number of rotatable bonds is 18. The molecule has 0 aliphatic heterocycles. The van der Waals surface area contributed by atoms with Crippen molar-refractivity contribution in [2.75, 3.05) is 6.61 Å². The Bertz CT molecular complexity index is 525. The number of carbonyl (C=O) groups is 1. The number of aryl methyl sites for hydroxylation is 1. The van der Waals surface area contributed by atoms with Gasteiger partial charge in [-0.3, -0.25) is 0 Å². The summed E-state index contributed by atoms with van der Waals surface area (Å²) in [4.78, 5) is 11.6. The van der Waals surface area contributed by atoms with Crippen molar-refractivity contribution in [3.05, 3.63) is 29.3 Å². The number of carboxylic acids is 1. The van der Waals surface area contributed by atoms with E-state index in [1.807, 2.05) is 12.1 Å². The highest BCUT2D eigenvalue weighted by Crippen LogP contribution is 2.27. The number of ether oxygens (including phenoxy) is 1. The summed E-state index contributed by atoms with van der Waals surface area (Å²) in [5, 5.41) is 9.53. The lowest BCUT2D eigenvalue weighted by molar-refractivity contribution is 0.0692. The number of benzene rings is 1. The summed E-state index contributed by atoms with van der Waals surface area (Å²) in [6, 6.07) is 5.54. The molecule has 0 aliphatic rings. The number of hydrogen-bond acceptors (Lipinski definition) is 2. The maximum Gasteiger partial charge on any atom is 0.339 e. The van der Waals surface area contributed by atoms with E-state index >= 15 is 0 Å². The van der Waals surface area contributed by atoms with Crippen molar-refractivity contribution in [3.63, 3.8) is 0 Å². The van der Waals surface area contributed by atoms with Crippen LogP contribution in [0.5, 0.6) is 5.75 Å². The van der Waals surface area contributed by atoms with Gasteiger partial charge in [0.2, 0.25) is 0 Å². The van der Waals surface area contributed by atoms with Crippen LogP contribution in [0.3, 0.4) is 0 Å². The van der Waals surface area contributed by atoms with Crippen LogP contribution in [0, 0.1) is 0 Å². The molecule has 1 aromatic carbocycles. The van der Waals surface area contributed by atoms with Crippen LogP contribution in [0.1, 0.15) is 120 Å². The molecular weight excluding hydrogens is 348 g/mol. The molecule has 0 amide bonds. The Balaban J connectivity index is 2.42. The molecule has 0 bridgehead atoms. The zero-order valence-electron chi connectivity index (χ0n) is 18.3. The number of para-hydroxylation sites is 1. The van der Waals surface area contributed by atoms with Crippen LogP contribution >= 0.6 is 0 Å². The molecule has 0 unspecified atom stereocenters. The second-order valence-corrected chi connectivity index (χ2v) is 7.94. The second kappa shape index (κ2) is 16.4. The Morgan fingerprint density at radius 3 is 1.89 bits per heavy atom. The molecular formula is C25H42O3. The van der Waals surface area contributed by atoms with Crippen LogP contribution in [0.4, 0.5) is 0 Å². The Labute approximate surface area is 172 Å². The van der Waals surface area contributed by atoms with E-state index in [1.54, 1.807) is 6.07 Å². The SMILES string of the molecule is CCCCCCCCCOc1c(CCCCCCCCC)cccc1C(=O)O. The van der Waals surface area contributed by atoms with Crippen molar-refractivity contribution in [3.8, 4) is 5.75 Å². The Hall–Kier alpha value is -1.51. The van der Waals surface area contributed by atoms with E-state index in [9.17, 15) is 9.90 Å². The quantitative estimate of drug-likeness (QED) is 0.260. The van der Waals surface area contributed by atoms with Crippen LogP contribution in [0.2, 0.25) is 0 Å². The number of hydrogen-bond donors (Lipinski definition) is 1. The number of aromatic carboxylic acids is 1. The van der Waals surface area contributed by atoms with Crippen LogP contribution in [0.15, 0.2) is 18.2 Å². The first-order valence-electron chi connectivity index (χ1n) is 11.7. The largest absolute Gasteiger partial charge is 0.492 e. The lowest BCUT2D eigenvalue weighted by Gasteiger charge is -2.14. The highest BCUT2D eigenvalue weighted by Gasteiger charge is 2.15. The smallest absolute Gasteiger partial charge is 0.339 e. The summed E-state index contributed by atoms with van der Waals surface area (Å²) in [6.45, 7) is 5.09. The van der Waals surface area contributed by atoms with Crippen LogP contribution < -0.4 is 4.74 Å². The minimum absolute atomic E-state index is 0.309. The fraction of sp³-hybridized carbons (Fsp3) is 0.720. The van der Waals surface area contributed by atoms with Gasteiger partial charge in [-0.15, -0.1) is 0 Å². The maximum atomic E-state index is 11.6. The first-order valence-corrected chi connectivity index (χ1v) is 11.7. The molecule has 0 spiro atoms. The van der Waals surface area contributed by atoms with Gasteiger partial charge in [0.1, 0.15) is 11.3 Å². The summed E-state index contributed by atoms with van der Waals surface area (Å²) < 4.78 is 5.99. The van der Waals surface area contributed by atoms with E-state index in [-0.39, 0.29) is 0 Å². The van der Waals surface area contributed by atoms with Crippen LogP contribution in [-0.2, 0) is 6.42 Å². The summed E-state index contributed by atoms with van der Waals surface area (Å²) >= 11 is 0. The van der Waals surface area contributed by atoms with E-state index in [2.05, 4.69) is 13.8 Å². The predicted octanol–water partition coefficient (Wildman–Crippen LogP) is 7.81. The Kier molecular flexibility index (Phi) is 14.4. The topological polar surface area (TPSA) is 46.5 Å². The van der Waals surface area contributed by atoms with E-state index in [0.29, 0.717) is 17.9 Å². The molecule has 0 aliphatic carbocycles. The minimum atomic E-state index is -0.893. The maximum absolute atomic E-state index is 11.6. The van der Waals surface area contributed by atoms with Crippen molar-refractivity contribution in [2.24, 2.45) is 0 Å². The molecule has 0 radical (unpaired) electrons. The monoisotopic (exact) mass is 390 g/mol. The second-order valence-electron chi connectivity index (χ2n) is 7.94. The third-order valence-corrected chi connectivity index (χ3v) is 5.37. The van der Waals surface area contributed by atoms with Crippen molar-refractivity contribution >= 4 is 5.97 Å². The average molecular weight is 391 g/mol. The summed E-state index contributed by atoms with van der Waals surface area (Å²) in [6.07, 6.45) is 18.3. The molecule has 0 fully saturated rings. The van der Waals surface area contributed by atoms with Crippen molar-refractivity contribution in [2.45, 2.75) is 110 Å². The molecule has 1 aromatic rings. The van der Waals surface area contributed by atoms with Crippen LogP contribution in [-0.4, -0.2) is 17.7 Å². The van der Waals surface area contributed by atoms with Gasteiger partial charge >= 0.3 is 5.97 Å². The highest BCUT2D eigenvalue weighted by molar-refractivity contribution is 5.91. The molecule has 28 heavy (non-hydrogen) atoms. The van der Waals surface area contributed by atoms with Gasteiger partial charge in [0.15, 0.2) is 0 Å². The van der Waals surface area contributed by atoms with Gasteiger partial charge in [0.25, 0.3) is 0 Å².